The first-order valence-electron chi connectivity index (χ1n) is 20.5. The molecule has 3 aliphatic carbocycles. The third kappa shape index (κ3) is 5.98. The van der Waals surface area contributed by atoms with Crippen molar-refractivity contribution in [2.75, 3.05) is 0 Å². The zero-order chi connectivity index (χ0) is 40.2. The van der Waals surface area contributed by atoms with Crippen molar-refractivity contribution in [3.05, 3.63) is 220 Å². The summed E-state index contributed by atoms with van der Waals surface area (Å²) in [6, 6.07) is 38.3. The SMILES string of the molecule is CC1(C)C2=C(/C=C\C=C/c3oc4ccc(-c5ccccc5)cc4c3/C=C/C=C/2)c2ccc3c4c(oc3c21)\C=C/C=c1\c(oc2ccc(-c3ccccc3)cc12)=C/C=C/C=C/4. The van der Waals surface area contributed by atoms with E-state index in [1.807, 2.05) is 24.3 Å². The number of fused-ring (bicyclic) bond motifs is 12. The number of allylic oxidation sites excluding steroid dienone is 12. The Kier molecular flexibility index (Phi) is 8.49. The Balaban J connectivity index is 0.985. The molecule has 0 fully saturated rings. The lowest BCUT2D eigenvalue weighted by Crippen LogP contribution is -2.19. The van der Waals surface area contributed by atoms with Crippen LogP contribution in [0.5, 0.6) is 0 Å². The summed E-state index contributed by atoms with van der Waals surface area (Å²) in [5.74, 6) is 1.65. The summed E-state index contributed by atoms with van der Waals surface area (Å²) in [6.07, 6.45) is 33.9. The molecule has 3 nitrogen and oxygen atoms in total. The van der Waals surface area contributed by atoms with Crippen LogP contribution in [-0.2, 0) is 5.41 Å². The van der Waals surface area contributed by atoms with E-state index in [0.29, 0.717) is 0 Å². The Bertz CT molecular complexity index is 3410. The maximum Gasteiger partial charge on any atom is 0.140 e. The summed E-state index contributed by atoms with van der Waals surface area (Å²) in [5.41, 5.74) is 14.7. The van der Waals surface area contributed by atoms with Gasteiger partial charge in [0.25, 0.3) is 0 Å². The normalized spacial score (nSPS) is 20.2. The molecule has 0 amide bonds. The van der Waals surface area contributed by atoms with Gasteiger partial charge in [-0.25, -0.2) is 0 Å². The highest BCUT2D eigenvalue weighted by Crippen LogP contribution is 2.51. The van der Waals surface area contributed by atoms with Gasteiger partial charge in [-0.3, -0.25) is 0 Å². The monoisotopic (exact) mass is 772 g/mol. The lowest BCUT2D eigenvalue weighted by Gasteiger charge is -2.23. The highest BCUT2D eigenvalue weighted by molar-refractivity contribution is 6.01. The van der Waals surface area contributed by atoms with E-state index in [9.17, 15) is 0 Å². The van der Waals surface area contributed by atoms with Crippen LogP contribution in [0.4, 0.5) is 0 Å². The molecule has 3 aromatic heterocycles. The number of hydrogen-bond acceptors (Lipinski definition) is 3. The van der Waals surface area contributed by atoms with E-state index in [1.54, 1.807) is 0 Å². The Morgan fingerprint density at radius 2 is 1.05 bits per heavy atom. The van der Waals surface area contributed by atoms with Crippen molar-refractivity contribution < 1.29 is 13.3 Å². The lowest BCUT2D eigenvalue weighted by molar-refractivity contribution is 0.575. The van der Waals surface area contributed by atoms with Crippen LogP contribution in [-0.4, -0.2) is 0 Å². The highest BCUT2D eigenvalue weighted by atomic mass is 16.3. The molecule has 5 aromatic carbocycles. The summed E-state index contributed by atoms with van der Waals surface area (Å²) in [5, 5.41) is 4.28. The van der Waals surface area contributed by atoms with Gasteiger partial charge in [-0.15, -0.1) is 0 Å². The first-order valence-corrected chi connectivity index (χ1v) is 20.5. The molecule has 3 heteroatoms. The summed E-state index contributed by atoms with van der Waals surface area (Å²) >= 11 is 0. The average Bonchev–Trinajstić information content (AvgIpc) is 3.97. The number of hydrogen-bond donors (Lipinski definition) is 0. The maximum atomic E-state index is 6.95. The average molecular weight is 773 g/mol. The second kappa shape index (κ2) is 14.3. The van der Waals surface area contributed by atoms with Crippen molar-refractivity contribution in [2.45, 2.75) is 19.3 Å². The Labute approximate surface area is 348 Å². The topological polar surface area (TPSA) is 39.4 Å². The van der Waals surface area contributed by atoms with Gasteiger partial charge in [0.15, 0.2) is 0 Å². The zero-order valence-corrected chi connectivity index (χ0v) is 33.4. The van der Waals surface area contributed by atoms with E-state index < -0.39 is 0 Å². The predicted molar refractivity (Wildman–Crippen MR) is 251 cm³/mol. The van der Waals surface area contributed by atoms with Crippen LogP contribution in [0.1, 0.15) is 47.6 Å². The smallest absolute Gasteiger partial charge is 0.140 e. The van der Waals surface area contributed by atoms with Crippen LogP contribution < -0.4 is 10.6 Å². The van der Waals surface area contributed by atoms with Gasteiger partial charge in [0.1, 0.15) is 33.7 Å². The summed E-state index contributed by atoms with van der Waals surface area (Å²) in [7, 11) is 0. The minimum absolute atomic E-state index is 0.338. The second-order valence-electron chi connectivity index (χ2n) is 16.0. The highest BCUT2D eigenvalue weighted by Gasteiger charge is 2.39. The van der Waals surface area contributed by atoms with Crippen molar-refractivity contribution in [2.24, 2.45) is 0 Å². The molecular weight excluding hydrogens is 733 g/mol. The standard InChI is InChI=1S/C57H40O3/c1-57(2)49-25-14-12-23-43-47-35-39(37-17-6-3-7-18-37)29-33-53(47)59-51(43)27-15-13-21-41(49)45-31-32-46-42-22-10-5-11-26-50-44(24-16-28-52(42)60-56(46)55(45)57)48-36-40(30-34-54(48)58-50)38-19-8-4-9-20-38/h3-36H,1-2H3/b10-5?,11-5+,14-12?,15-13?,21-13-,22-10+,23-12+,24-16?,25-14+,26-11?,27-15-,28-16-,41-21?,42-22?,43-23?,44-24-,49-25?,50-26+,51-27?,52-28?. The molecule has 0 unspecified atom stereocenters. The van der Waals surface area contributed by atoms with E-state index in [0.717, 1.165) is 77.3 Å². The molecule has 0 atom stereocenters. The molecule has 0 aliphatic heterocycles. The minimum Gasteiger partial charge on any atom is -0.456 e. The van der Waals surface area contributed by atoms with Gasteiger partial charge >= 0.3 is 0 Å². The van der Waals surface area contributed by atoms with Gasteiger partial charge in [0, 0.05) is 43.5 Å². The van der Waals surface area contributed by atoms with E-state index in [-0.39, 0.29) is 5.41 Å². The first-order chi connectivity index (χ1) is 29.5. The molecule has 3 aliphatic rings. The molecule has 286 valence electrons. The van der Waals surface area contributed by atoms with E-state index in [1.165, 1.54) is 33.4 Å². The largest absolute Gasteiger partial charge is 0.456 e. The number of rotatable bonds is 2. The van der Waals surface area contributed by atoms with Gasteiger partial charge in [-0.1, -0.05) is 172 Å². The number of furan rings is 3. The molecule has 3 heterocycles. The molecule has 0 spiro atoms. The Morgan fingerprint density at radius 1 is 0.433 bits per heavy atom. The van der Waals surface area contributed by atoms with Crippen LogP contribution in [0.3, 0.4) is 0 Å². The third-order valence-corrected chi connectivity index (χ3v) is 12.0. The Morgan fingerprint density at radius 3 is 1.82 bits per heavy atom. The summed E-state index contributed by atoms with van der Waals surface area (Å²) < 4.78 is 19.7. The lowest BCUT2D eigenvalue weighted by atomic mass is 9.80. The summed E-state index contributed by atoms with van der Waals surface area (Å²) in [6.45, 7) is 4.61. The maximum absolute atomic E-state index is 6.95. The molecule has 0 radical (unpaired) electrons. The third-order valence-electron chi connectivity index (χ3n) is 12.0. The fourth-order valence-corrected chi connectivity index (χ4v) is 9.11. The minimum atomic E-state index is -0.338. The quantitative estimate of drug-likeness (QED) is 0.176. The van der Waals surface area contributed by atoms with E-state index in [4.69, 9.17) is 13.3 Å². The van der Waals surface area contributed by atoms with Crippen LogP contribution in [0.15, 0.2) is 189 Å². The molecule has 0 N–H and O–H groups in total. The molecule has 8 aromatic rings. The van der Waals surface area contributed by atoms with Gasteiger partial charge in [0.2, 0.25) is 0 Å². The predicted octanol–water partition coefficient (Wildman–Crippen LogP) is 14.0. The van der Waals surface area contributed by atoms with E-state index in [2.05, 4.69) is 196 Å². The fourth-order valence-electron chi connectivity index (χ4n) is 9.11. The fraction of sp³-hybridized carbons (Fsp3) is 0.0526. The van der Waals surface area contributed by atoms with Crippen molar-refractivity contribution >= 4 is 74.9 Å². The second-order valence-corrected chi connectivity index (χ2v) is 16.0. The van der Waals surface area contributed by atoms with Gasteiger partial charge < -0.3 is 13.3 Å². The zero-order valence-electron chi connectivity index (χ0n) is 33.4. The van der Waals surface area contributed by atoms with E-state index >= 15 is 0 Å². The van der Waals surface area contributed by atoms with Crippen LogP contribution in [0.2, 0.25) is 0 Å². The molecule has 0 saturated heterocycles. The molecule has 60 heavy (non-hydrogen) atoms. The van der Waals surface area contributed by atoms with Crippen molar-refractivity contribution in [1.82, 2.24) is 0 Å². The Hall–Kier alpha value is -7.62. The molecule has 11 rings (SSSR count). The number of benzene rings is 5. The first kappa shape index (κ1) is 35.5. The van der Waals surface area contributed by atoms with Crippen molar-refractivity contribution in [3.8, 4) is 22.3 Å². The molecule has 0 bridgehead atoms. The van der Waals surface area contributed by atoms with Gasteiger partial charge in [-0.2, -0.15) is 0 Å². The van der Waals surface area contributed by atoms with Gasteiger partial charge in [0.05, 0.1) is 0 Å². The molecule has 0 saturated carbocycles. The summed E-state index contributed by atoms with van der Waals surface area (Å²) in [4.78, 5) is 0. The van der Waals surface area contributed by atoms with Crippen LogP contribution in [0.25, 0.3) is 97.2 Å². The molecular formula is C57H40O3. The van der Waals surface area contributed by atoms with Crippen LogP contribution in [0, 0.1) is 0 Å². The van der Waals surface area contributed by atoms with Crippen LogP contribution >= 0.6 is 0 Å². The van der Waals surface area contributed by atoms with Gasteiger partial charge in [-0.05, 0) is 87.5 Å². The van der Waals surface area contributed by atoms with Crippen molar-refractivity contribution in [3.63, 3.8) is 0 Å². The van der Waals surface area contributed by atoms with Crippen molar-refractivity contribution in [1.29, 1.82) is 0 Å².